The number of rotatable bonds is 6. The third-order valence-corrected chi connectivity index (χ3v) is 5.23. The van der Waals surface area contributed by atoms with E-state index < -0.39 is 10.0 Å². The van der Waals surface area contributed by atoms with Gasteiger partial charge in [-0.25, -0.2) is 13.1 Å². The van der Waals surface area contributed by atoms with Crippen molar-refractivity contribution in [3.63, 3.8) is 0 Å². The van der Waals surface area contributed by atoms with Crippen LogP contribution >= 0.6 is 0 Å². The van der Waals surface area contributed by atoms with Crippen molar-refractivity contribution in [2.45, 2.75) is 25.2 Å². The number of benzene rings is 1. The number of methoxy groups -OCH3 is 1. The Kier molecular flexibility index (Phi) is 5.15. The Morgan fingerprint density at radius 3 is 2.59 bits per heavy atom. The Labute approximate surface area is 131 Å². The fraction of sp³-hybridized carbons (Fsp3) is 0.312. The minimum absolute atomic E-state index is 0.289. The van der Waals surface area contributed by atoms with Crippen molar-refractivity contribution < 1.29 is 13.2 Å². The molecular weight excluding hydrogens is 300 g/mol. The highest BCUT2D eigenvalue weighted by atomic mass is 32.2. The summed E-state index contributed by atoms with van der Waals surface area (Å²) in [5.41, 5.74) is 2.53. The summed E-state index contributed by atoms with van der Waals surface area (Å²) < 4.78 is 32.7. The first-order valence-corrected chi connectivity index (χ1v) is 8.47. The fourth-order valence-corrected chi connectivity index (χ4v) is 3.57. The molecule has 0 unspecified atom stereocenters. The normalized spacial score (nSPS) is 11.4. The van der Waals surface area contributed by atoms with Gasteiger partial charge in [-0.3, -0.25) is 4.98 Å². The van der Waals surface area contributed by atoms with Gasteiger partial charge in [-0.1, -0.05) is 6.07 Å². The van der Waals surface area contributed by atoms with E-state index in [0.29, 0.717) is 24.3 Å². The molecule has 22 heavy (non-hydrogen) atoms. The maximum Gasteiger partial charge on any atom is 0.240 e. The molecule has 0 aliphatic rings. The highest BCUT2D eigenvalue weighted by molar-refractivity contribution is 7.89. The average Bonchev–Trinajstić information content (AvgIpc) is 2.50. The molecule has 5 nitrogen and oxygen atoms in total. The summed E-state index contributed by atoms with van der Waals surface area (Å²) in [6.45, 7) is 3.97. The van der Waals surface area contributed by atoms with Crippen molar-refractivity contribution in [3.05, 3.63) is 53.3 Å². The van der Waals surface area contributed by atoms with Gasteiger partial charge in [0.2, 0.25) is 10.0 Å². The summed E-state index contributed by atoms with van der Waals surface area (Å²) in [4.78, 5) is 4.30. The van der Waals surface area contributed by atoms with Crippen molar-refractivity contribution in [2.24, 2.45) is 0 Å². The molecule has 0 saturated carbocycles. The Morgan fingerprint density at radius 1 is 1.18 bits per heavy atom. The molecule has 0 atom stereocenters. The van der Waals surface area contributed by atoms with Crippen LogP contribution in [0.3, 0.4) is 0 Å². The molecule has 1 aromatic carbocycles. The van der Waals surface area contributed by atoms with Crippen molar-refractivity contribution in [3.8, 4) is 5.75 Å². The van der Waals surface area contributed by atoms with Gasteiger partial charge in [0.15, 0.2) is 0 Å². The third-order valence-electron chi connectivity index (χ3n) is 3.63. The monoisotopic (exact) mass is 320 g/mol. The number of aromatic nitrogens is 1. The topological polar surface area (TPSA) is 68.3 Å². The number of nitrogens with one attached hydrogen (secondary N) is 1. The Bertz CT molecular complexity index is 743. The minimum Gasteiger partial charge on any atom is -0.496 e. The van der Waals surface area contributed by atoms with E-state index in [1.807, 2.05) is 19.1 Å². The van der Waals surface area contributed by atoms with E-state index in [-0.39, 0.29) is 4.90 Å². The second kappa shape index (κ2) is 6.89. The molecule has 1 N–H and O–H groups in total. The molecule has 6 heteroatoms. The van der Waals surface area contributed by atoms with Gasteiger partial charge in [-0.15, -0.1) is 0 Å². The van der Waals surface area contributed by atoms with Crippen molar-refractivity contribution >= 4 is 10.0 Å². The smallest absolute Gasteiger partial charge is 0.240 e. The number of ether oxygens (including phenoxy) is 1. The van der Waals surface area contributed by atoms with Crippen LogP contribution in [0.15, 0.2) is 41.6 Å². The van der Waals surface area contributed by atoms with Crippen LogP contribution in [0.2, 0.25) is 0 Å². The first-order valence-electron chi connectivity index (χ1n) is 6.98. The second-order valence-electron chi connectivity index (χ2n) is 5.03. The number of hydrogen-bond donors (Lipinski definition) is 1. The quantitative estimate of drug-likeness (QED) is 0.886. The standard InChI is InChI=1S/C16H20N2O3S/c1-12-13(2)16(7-6-15(12)21-3)22(19,20)18-10-8-14-5-4-9-17-11-14/h4-7,9,11,18H,8,10H2,1-3H3. The Hall–Kier alpha value is -1.92. The van der Waals surface area contributed by atoms with Gasteiger partial charge in [0.05, 0.1) is 12.0 Å². The molecule has 118 valence electrons. The molecule has 0 spiro atoms. The summed E-state index contributed by atoms with van der Waals surface area (Å²) in [6.07, 6.45) is 4.02. The lowest BCUT2D eigenvalue weighted by atomic mass is 10.1. The first kappa shape index (κ1) is 16.5. The average molecular weight is 320 g/mol. The fourth-order valence-electron chi connectivity index (χ4n) is 2.24. The zero-order valence-corrected chi connectivity index (χ0v) is 13.8. The summed E-state index contributed by atoms with van der Waals surface area (Å²) in [6, 6.07) is 7.01. The van der Waals surface area contributed by atoms with Crippen LogP contribution < -0.4 is 9.46 Å². The molecule has 1 heterocycles. The predicted octanol–water partition coefficient (Wildman–Crippen LogP) is 2.23. The first-order chi connectivity index (χ1) is 10.5. The third kappa shape index (κ3) is 3.64. The number of nitrogens with zero attached hydrogens (tertiary/aromatic N) is 1. The van der Waals surface area contributed by atoms with Gasteiger partial charge in [0.1, 0.15) is 5.75 Å². The lowest BCUT2D eigenvalue weighted by molar-refractivity contribution is 0.410. The zero-order chi connectivity index (χ0) is 16.2. The van der Waals surface area contributed by atoms with E-state index in [2.05, 4.69) is 9.71 Å². The van der Waals surface area contributed by atoms with Crippen molar-refractivity contribution in [1.82, 2.24) is 9.71 Å². The van der Waals surface area contributed by atoms with E-state index >= 15 is 0 Å². The lowest BCUT2D eigenvalue weighted by Crippen LogP contribution is -2.26. The van der Waals surface area contributed by atoms with Crippen LogP contribution in [-0.4, -0.2) is 27.1 Å². The Morgan fingerprint density at radius 2 is 1.95 bits per heavy atom. The highest BCUT2D eigenvalue weighted by Gasteiger charge is 2.18. The van der Waals surface area contributed by atoms with E-state index in [9.17, 15) is 8.42 Å². The van der Waals surface area contributed by atoms with Gasteiger partial charge < -0.3 is 4.74 Å². The van der Waals surface area contributed by atoms with Gasteiger partial charge in [0.25, 0.3) is 0 Å². The van der Waals surface area contributed by atoms with Crippen LogP contribution in [0, 0.1) is 13.8 Å². The lowest BCUT2D eigenvalue weighted by Gasteiger charge is -2.13. The van der Waals surface area contributed by atoms with Crippen LogP contribution in [0.4, 0.5) is 0 Å². The molecular formula is C16H20N2O3S. The summed E-state index contributed by atoms with van der Waals surface area (Å²) in [5, 5.41) is 0. The highest BCUT2D eigenvalue weighted by Crippen LogP contribution is 2.26. The minimum atomic E-state index is -3.53. The van der Waals surface area contributed by atoms with Crippen LogP contribution in [0.25, 0.3) is 0 Å². The number of pyridine rings is 1. The molecule has 0 fully saturated rings. The van der Waals surface area contributed by atoms with Crippen molar-refractivity contribution in [2.75, 3.05) is 13.7 Å². The molecule has 0 bridgehead atoms. The zero-order valence-electron chi connectivity index (χ0n) is 13.0. The van der Waals surface area contributed by atoms with Gasteiger partial charge >= 0.3 is 0 Å². The Balaban J connectivity index is 2.12. The van der Waals surface area contributed by atoms with E-state index in [1.54, 1.807) is 38.6 Å². The molecule has 0 aliphatic carbocycles. The largest absolute Gasteiger partial charge is 0.496 e. The number of hydrogen-bond acceptors (Lipinski definition) is 4. The maximum atomic E-state index is 12.4. The van der Waals surface area contributed by atoms with Gasteiger partial charge in [-0.2, -0.15) is 0 Å². The molecule has 0 radical (unpaired) electrons. The van der Waals surface area contributed by atoms with E-state index in [4.69, 9.17) is 4.74 Å². The second-order valence-corrected chi connectivity index (χ2v) is 6.76. The maximum absolute atomic E-state index is 12.4. The van der Waals surface area contributed by atoms with Crippen LogP contribution in [-0.2, 0) is 16.4 Å². The molecule has 0 amide bonds. The van der Waals surface area contributed by atoms with Gasteiger partial charge in [-0.05, 0) is 55.2 Å². The van der Waals surface area contributed by atoms with E-state index in [0.717, 1.165) is 11.1 Å². The molecule has 2 aromatic rings. The molecule has 2 rings (SSSR count). The summed E-state index contributed by atoms with van der Waals surface area (Å²) in [5.74, 6) is 0.687. The van der Waals surface area contributed by atoms with Crippen LogP contribution in [0.5, 0.6) is 5.75 Å². The van der Waals surface area contributed by atoms with Crippen molar-refractivity contribution in [1.29, 1.82) is 0 Å². The van der Waals surface area contributed by atoms with Gasteiger partial charge in [0, 0.05) is 18.9 Å². The molecule has 0 aliphatic heterocycles. The molecule has 1 aromatic heterocycles. The summed E-state index contributed by atoms with van der Waals surface area (Å²) >= 11 is 0. The SMILES string of the molecule is COc1ccc(S(=O)(=O)NCCc2cccnc2)c(C)c1C. The molecule has 0 saturated heterocycles. The predicted molar refractivity (Wildman–Crippen MR) is 85.6 cm³/mol. The van der Waals surface area contributed by atoms with E-state index in [1.165, 1.54) is 0 Å². The number of sulfonamides is 1. The summed E-state index contributed by atoms with van der Waals surface area (Å²) in [7, 11) is -1.96. The van der Waals surface area contributed by atoms with Crippen LogP contribution in [0.1, 0.15) is 16.7 Å².